The van der Waals surface area contributed by atoms with Gasteiger partial charge in [-0.2, -0.15) is 4.68 Å². The molecule has 0 saturated carbocycles. The first-order chi connectivity index (χ1) is 11.6. The van der Waals surface area contributed by atoms with Crippen molar-refractivity contribution < 1.29 is 13.9 Å². The minimum Gasteiger partial charge on any atom is -0.494 e. The van der Waals surface area contributed by atoms with Crippen LogP contribution in [0, 0.1) is 0 Å². The van der Waals surface area contributed by atoms with E-state index in [0.717, 1.165) is 5.76 Å². The first kappa shape index (κ1) is 15.7. The van der Waals surface area contributed by atoms with Crippen LogP contribution in [-0.4, -0.2) is 45.2 Å². The molecule has 1 unspecified atom stereocenters. The minimum atomic E-state index is -0.189. The molecule has 124 valence electrons. The van der Waals surface area contributed by atoms with E-state index in [-0.39, 0.29) is 11.9 Å². The summed E-state index contributed by atoms with van der Waals surface area (Å²) in [4.78, 5) is 14.4. The summed E-state index contributed by atoms with van der Waals surface area (Å²) in [6.45, 7) is 1.91. The second kappa shape index (κ2) is 6.53. The molecule has 0 aliphatic heterocycles. The average molecular weight is 327 g/mol. The molecule has 0 bridgehead atoms. The first-order valence-corrected chi connectivity index (χ1v) is 7.33. The molecule has 2 heterocycles. The number of methoxy groups -OCH3 is 1. The van der Waals surface area contributed by atoms with Gasteiger partial charge in [0.2, 0.25) is 0 Å². The lowest BCUT2D eigenvalue weighted by Crippen LogP contribution is -2.29. The van der Waals surface area contributed by atoms with Gasteiger partial charge in [0.25, 0.3) is 5.91 Å². The normalized spacial score (nSPS) is 12.0. The third-order valence-corrected chi connectivity index (χ3v) is 3.88. The molecule has 2 aromatic heterocycles. The molecule has 0 spiro atoms. The van der Waals surface area contributed by atoms with Crippen LogP contribution >= 0.6 is 0 Å². The van der Waals surface area contributed by atoms with Crippen molar-refractivity contribution in [2.45, 2.75) is 13.0 Å². The number of tetrazole rings is 1. The highest BCUT2D eigenvalue weighted by Crippen LogP contribution is 2.26. The Bertz CT molecular complexity index is 814. The van der Waals surface area contributed by atoms with E-state index < -0.39 is 0 Å². The molecule has 3 rings (SSSR count). The Kier molecular flexibility index (Phi) is 4.28. The summed E-state index contributed by atoms with van der Waals surface area (Å²) in [5.41, 5.74) is 1.09. The molecule has 0 aliphatic carbocycles. The number of hydrogen-bond acceptors (Lipinski definition) is 6. The van der Waals surface area contributed by atoms with E-state index in [4.69, 9.17) is 9.15 Å². The highest BCUT2D eigenvalue weighted by atomic mass is 16.5. The van der Waals surface area contributed by atoms with E-state index in [1.807, 2.05) is 13.0 Å². The number of carbonyl (C=O) groups excluding carboxylic acids is 1. The van der Waals surface area contributed by atoms with Gasteiger partial charge in [-0.15, -0.1) is 5.10 Å². The molecular weight excluding hydrogens is 310 g/mol. The zero-order valence-corrected chi connectivity index (χ0v) is 13.6. The van der Waals surface area contributed by atoms with Crippen LogP contribution in [0.2, 0.25) is 0 Å². The van der Waals surface area contributed by atoms with E-state index in [0.29, 0.717) is 17.0 Å². The topological polar surface area (TPSA) is 86.3 Å². The highest BCUT2D eigenvalue weighted by molar-refractivity contribution is 5.95. The lowest BCUT2D eigenvalue weighted by Gasteiger charge is -2.23. The fourth-order valence-corrected chi connectivity index (χ4v) is 2.37. The fraction of sp³-hybridized carbons (Fsp3) is 0.250. The zero-order valence-electron chi connectivity index (χ0n) is 13.6. The Morgan fingerprint density at radius 2 is 2.21 bits per heavy atom. The number of rotatable bonds is 5. The maximum absolute atomic E-state index is 12.8. The molecule has 24 heavy (non-hydrogen) atoms. The average Bonchev–Trinajstić information content (AvgIpc) is 3.32. The van der Waals surface area contributed by atoms with Crippen LogP contribution in [0.3, 0.4) is 0 Å². The van der Waals surface area contributed by atoms with E-state index >= 15 is 0 Å². The number of aromatic nitrogens is 4. The van der Waals surface area contributed by atoms with Crippen molar-refractivity contribution in [1.29, 1.82) is 0 Å². The summed E-state index contributed by atoms with van der Waals surface area (Å²) in [6, 6.07) is 8.58. The molecule has 0 aliphatic rings. The molecule has 8 heteroatoms. The molecule has 0 N–H and O–H groups in total. The molecule has 8 nitrogen and oxygen atoms in total. The molecule has 0 saturated heterocycles. The molecule has 1 amide bonds. The third kappa shape index (κ3) is 2.85. The van der Waals surface area contributed by atoms with Gasteiger partial charge in [-0.1, -0.05) is 0 Å². The predicted molar refractivity (Wildman–Crippen MR) is 84.9 cm³/mol. The zero-order chi connectivity index (χ0) is 17.1. The summed E-state index contributed by atoms with van der Waals surface area (Å²) in [6.07, 6.45) is 3.04. The maximum atomic E-state index is 12.8. The lowest BCUT2D eigenvalue weighted by atomic mass is 10.1. The smallest absolute Gasteiger partial charge is 0.254 e. The van der Waals surface area contributed by atoms with Crippen LogP contribution in [0.15, 0.2) is 47.3 Å². The number of ether oxygens (including phenoxy) is 1. The molecule has 0 radical (unpaired) electrons. The first-order valence-electron chi connectivity index (χ1n) is 7.33. The molecular formula is C16H17N5O3. The SMILES string of the molecule is COc1ccc(C(=O)N(C)C(C)c2ccco2)cc1-n1cnnn1. The molecule has 3 aromatic rings. The largest absolute Gasteiger partial charge is 0.494 e. The predicted octanol–water partition coefficient (Wildman–Crippen LogP) is 2.10. The van der Waals surface area contributed by atoms with E-state index in [2.05, 4.69) is 15.5 Å². The van der Waals surface area contributed by atoms with Crippen molar-refractivity contribution in [3.63, 3.8) is 0 Å². The minimum absolute atomic E-state index is 0.143. The number of amides is 1. The van der Waals surface area contributed by atoms with Crippen molar-refractivity contribution in [2.75, 3.05) is 14.2 Å². The van der Waals surface area contributed by atoms with Crippen molar-refractivity contribution in [1.82, 2.24) is 25.1 Å². The van der Waals surface area contributed by atoms with Crippen LogP contribution in [-0.2, 0) is 0 Å². The standard InChI is InChI=1S/C16H17N5O3/c1-11(14-5-4-8-24-14)20(2)16(22)12-6-7-15(23-3)13(9-12)21-10-17-18-19-21/h4-11H,1-3H3. The second-order valence-corrected chi connectivity index (χ2v) is 5.25. The van der Waals surface area contributed by atoms with Gasteiger partial charge < -0.3 is 14.1 Å². The van der Waals surface area contributed by atoms with Crippen molar-refractivity contribution >= 4 is 5.91 Å². The van der Waals surface area contributed by atoms with Gasteiger partial charge in [0.05, 0.1) is 19.4 Å². The summed E-state index contributed by atoms with van der Waals surface area (Å²) in [5.74, 6) is 1.15. The number of hydrogen-bond donors (Lipinski definition) is 0. The number of benzene rings is 1. The Balaban J connectivity index is 1.91. The highest BCUT2D eigenvalue weighted by Gasteiger charge is 2.22. The van der Waals surface area contributed by atoms with Gasteiger partial charge in [-0.05, 0) is 47.7 Å². The fourth-order valence-electron chi connectivity index (χ4n) is 2.37. The van der Waals surface area contributed by atoms with Crippen LogP contribution < -0.4 is 4.74 Å². The van der Waals surface area contributed by atoms with E-state index in [9.17, 15) is 4.79 Å². The Morgan fingerprint density at radius 3 is 2.83 bits per heavy atom. The summed E-state index contributed by atoms with van der Waals surface area (Å²) < 4.78 is 12.1. The number of carbonyl (C=O) groups is 1. The van der Waals surface area contributed by atoms with Gasteiger partial charge >= 0.3 is 0 Å². The van der Waals surface area contributed by atoms with Crippen molar-refractivity contribution in [3.8, 4) is 11.4 Å². The van der Waals surface area contributed by atoms with Crippen LogP contribution in [0.5, 0.6) is 5.75 Å². The van der Waals surface area contributed by atoms with E-state index in [1.165, 1.54) is 11.0 Å². The van der Waals surface area contributed by atoms with Crippen LogP contribution in [0.4, 0.5) is 0 Å². The van der Waals surface area contributed by atoms with Gasteiger partial charge in [0, 0.05) is 12.6 Å². The monoisotopic (exact) mass is 327 g/mol. The molecule has 1 aromatic carbocycles. The van der Waals surface area contributed by atoms with Crippen LogP contribution in [0.1, 0.15) is 29.1 Å². The maximum Gasteiger partial charge on any atom is 0.254 e. The van der Waals surface area contributed by atoms with Gasteiger partial charge in [0.1, 0.15) is 23.5 Å². The quantitative estimate of drug-likeness (QED) is 0.713. The summed E-state index contributed by atoms with van der Waals surface area (Å²) >= 11 is 0. The molecule has 0 fully saturated rings. The van der Waals surface area contributed by atoms with Crippen molar-refractivity contribution in [3.05, 3.63) is 54.2 Å². The van der Waals surface area contributed by atoms with Crippen molar-refractivity contribution in [2.24, 2.45) is 0 Å². The number of furan rings is 1. The second-order valence-electron chi connectivity index (χ2n) is 5.25. The Hall–Kier alpha value is -3.16. The van der Waals surface area contributed by atoms with E-state index in [1.54, 1.807) is 49.6 Å². The van der Waals surface area contributed by atoms with Gasteiger partial charge in [-0.3, -0.25) is 4.79 Å². The summed E-state index contributed by atoms with van der Waals surface area (Å²) in [7, 11) is 3.28. The molecule has 1 atom stereocenters. The van der Waals surface area contributed by atoms with Gasteiger partial charge in [0.15, 0.2) is 0 Å². The Labute approximate surface area is 138 Å². The van der Waals surface area contributed by atoms with Crippen LogP contribution in [0.25, 0.3) is 5.69 Å². The number of nitrogens with zero attached hydrogens (tertiary/aromatic N) is 5. The third-order valence-electron chi connectivity index (χ3n) is 3.88. The lowest BCUT2D eigenvalue weighted by molar-refractivity contribution is 0.0726. The van der Waals surface area contributed by atoms with Gasteiger partial charge in [-0.25, -0.2) is 0 Å². The summed E-state index contributed by atoms with van der Waals surface area (Å²) in [5, 5.41) is 11.1. The Morgan fingerprint density at radius 1 is 1.38 bits per heavy atom.